The van der Waals surface area contributed by atoms with Crippen LogP contribution in [0.2, 0.25) is 0 Å². The first-order chi connectivity index (χ1) is 12.6. The molecule has 0 spiro atoms. The average Bonchev–Trinajstić information content (AvgIpc) is 2.77. The van der Waals surface area contributed by atoms with Gasteiger partial charge >= 0.3 is 0 Å². The standard InChI is InChI=1S/C19H15IN4O2/c1-26-14-5-3-13(4-6-14)22-19-21-10-11-8-17(25)23-16-9-12(20)2-7-15(16)18(11)24-19/h2-7,9-10H,8H2,1H3,(H,23,25)(H,21,22,24). The van der Waals surface area contributed by atoms with Gasteiger partial charge in [-0.3, -0.25) is 4.79 Å². The van der Waals surface area contributed by atoms with Crippen molar-refractivity contribution in [3.05, 3.63) is 57.8 Å². The molecule has 130 valence electrons. The second kappa shape index (κ2) is 6.91. The van der Waals surface area contributed by atoms with Crippen LogP contribution in [0.4, 0.5) is 17.3 Å². The molecule has 0 saturated heterocycles. The predicted octanol–water partition coefficient (Wildman–Crippen LogP) is 4.00. The summed E-state index contributed by atoms with van der Waals surface area (Å²) in [4.78, 5) is 21.2. The second-order valence-corrected chi connectivity index (χ2v) is 7.08. The van der Waals surface area contributed by atoms with E-state index in [9.17, 15) is 4.79 Å². The normalized spacial score (nSPS) is 12.5. The Morgan fingerprint density at radius 2 is 2.00 bits per heavy atom. The summed E-state index contributed by atoms with van der Waals surface area (Å²) in [6, 6.07) is 13.5. The van der Waals surface area contributed by atoms with E-state index in [0.717, 1.165) is 37.5 Å². The highest BCUT2D eigenvalue weighted by atomic mass is 127. The highest BCUT2D eigenvalue weighted by Gasteiger charge is 2.21. The molecule has 2 heterocycles. The summed E-state index contributed by atoms with van der Waals surface area (Å²) in [6.07, 6.45) is 1.96. The Hall–Kier alpha value is -2.68. The molecule has 1 aliphatic rings. The molecule has 0 fully saturated rings. The minimum absolute atomic E-state index is 0.0635. The zero-order chi connectivity index (χ0) is 18.1. The number of carbonyl (C=O) groups is 1. The van der Waals surface area contributed by atoms with Crippen LogP contribution in [-0.4, -0.2) is 23.0 Å². The van der Waals surface area contributed by atoms with Crippen LogP contribution in [0.15, 0.2) is 48.7 Å². The SMILES string of the molecule is COc1ccc(Nc2ncc3c(n2)-c2ccc(I)cc2NC(=O)C3)cc1. The third-order valence-electron chi connectivity index (χ3n) is 4.07. The fourth-order valence-corrected chi connectivity index (χ4v) is 3.32. The van der Waals surface area contributed by atoms with Crippen LogP contribution >= 0.6 is 22.6 Å². The lowest BCUT2D eigenvalue weighted by Gasteiger charge is -2.11. The third kappa shape index (κ3) is 3.34. The first-order valence-electron chi connectivity index (χ1n) is 7.99. The molecule has 3 aromatic rings. The van der Waals surface area contributed by atoms with Gasteiger partial charge in [0.2, 0.25) is 11.9 Å². The number of amides is 1. The van der Waals surface area contributed by atoms with Gasteiger partial charge in [-0.1, -0.05) is 0 Å². The molecule has 26 heavy (non-hydrogen) atoms. The number of nitrogens with zero attached hydrogens (tertiary/aromatic N) is 2. The quantitative estimate of drug-likeness (QED) is 0.581. The lowest BCUT2D eigenvalue weighted by molar-refractivity contribution is -0.115. The van der Waals surface area contributed by atoms with E-state index in [-0.39, 0.29) is 12.3 Å². The topological polar surface area (TPSA) is 76.1 Å². The predicted molar refractivity (Wildman–Crippen MR) is 109 cm³/mol. The number of methoxy groups -OCH3 is 1. The van der Waals surface area contributed by atoms with Crippen molar-refractivity contribution in [1.82, 2.24) is 9.97 Å². The monoisotopic (exact) mass is 458 g/mol. The maximum absolute atomic E-state index is 12.2. The molecule has 0 aliphatic carbocycles. The number of halogens is 1. The minimum atomic E-state index is -0.0635. The van der Waals surface area contributed by atoms with Crippen molar-refractivity contribution in [1.29, 1.82) is 0 Å². The zero-order valence-electron chi connectivity index (χ0n) is 13.9. The van der Waals surface area contributed by atoms with E-state index < -0.39 is 0 Å². The van der Waals surface area contributed by atoms with Gasteiger partial charge in [0, 0.05) is 26.6 Å². The summed E-state index contributed by atoms with van der Waals surface area (Å²) >= 11 is 2.23. The molecular formula is C19H15IN4O2. The zero-order valence-corrected chi connectivity index (χ0v) is 16.1. The van der Waals surface area contributed by atoms with Gasteiger partial charge in [0.25, 0.3) is 0 Å². The Labute approximate surface area is 164 Å². The molecule has 7 heteroatoms. The number of nitrogens with one attached hydrogen (secondary N) is 2. The van der Waals surface area contributed by atoms with Crippen LogP contribution in [0.3, 0.4) is 0 Å². The number of aromatic nitrogens is 2. The van der Waals surface area contributed by atoms with E-state index in [1.165, 1.54) is 0 Å². The lowest BCUT2D eigenvalue weighted by Crippen LogP contribution is -2.12. The second-order valence-electron chi connectivity index (χ2n) is 5.84. The van der Waals surface area contributed by atoms with Crippen molar-refractivity contribution in [2.45, 2.75) is 6.42 Å². The van der Waals surface area contributed by atoms with E-state index in [2.05, 4.69) is 43.2 Å². The van der Waals surface area contributed by atoms with E-state index in [4.69, 9.17) is 4.74 Å². The largest absolute Gasteiger partial charge is 0.497 e. The van der Waals surface area contributed by atoms with Gasteiger partial charge in [0.05, 0.1) is 24.9 Å². The smallest absolute Gasteiger partial charge is 0.228 e. The highest BCUT2D eigenvalue weighted by Crippen LogP contribution is 2.34. The Bertz CT molecular complexity index is 989. The van der Waals surface area contributed by atoms with Crippen LogP contribution in [0, 0.1) is 3.57 Å². The number of hydrogen-bond donors (Lipinski definition) is 2. The Kier molecular flexibility index (Phi) is 4.46. The van der Waals surface area contributed by atoms with Crippen LogP contribution in [0.1, 0.15) is 5.56 Å². The molecule has 0 saturated carbocycles. The van der Waals surface area contributed by atoms with Crippen LogP contribution < -0.4 is 15.4 Å². The summed E-state index contributed by atoms with van der Waals surface area (Å²) in [6.45, 7) is 0. The molecular weight excluding hydrogens is 443 g/mol. The molecule has 1 aromatic heterocycles. The fraction of sp³-hybridized carbons (Fsp3) is 0.105. The summed E-state index contributed by atoms with van der Waals surface area (Å²) in [7, 11) is 1.63. The number of carbonyl (C=O) groups excluding carboxylic acids is 1. The molecule has 4 rings (SSSR count). The van der Waals surface area contributed by atoms with E-state index in [1.807, 2.05) is 42.5 Å². The van der Waals surface area contributed by atoms with E-state index >= 15 is 0 Å². The Morgan fingerprint density at radius 1 is 1.19 bits per heavy atom. The van der Waals surface area contributed by atoms with Gasteiger partial charge < -0.3 is 15.4 Å². The maximum Gasteiger partial charge on any atom is 0.228 e. The maximum atomic E-state index is 12.2. The molecule has 6 nitrogen and oxygen atoms in total. The van der Waals surface area contributed by atoms with Gasteiger partial charge in [-0.2, -0.15) is 0 Å². The number of ether oxygens (including phenoxy) is 1. The molecule has 0 atom stereocenters. The number of fused-ring (bicyclic) bond motifs is 3. The highest BCUT2D eigenvalue weighted by molar-refractivity contribution is 14.1. The molecule has 2 N–H and O–H groups in total. The minimum Gasteiger partial charge on any atom is -0.497 e. The fourth-order valence-electron chi connectivity index (χ4n) is 2.83. The summed E-state index contributed by atoms with van der Waals surface area (Å²) in [5.41, 5.74) is 4.10. The molecule has 2 aromatic carbocycles. The molecule has 0 bridgehead atoms. The number of hydrogen-bond acceptors (Lipinski definition) is 5. The molecule has 0 unspecified atom stereocenters. The summed E-state index contributed by atoms with van der Waals surface area (Å²) in [5, 5.41) is 6.14. The van der Waals surface area contributed by atoms with Crippen LogP contribution in [-0.2, 0) is 11.2 Å². The third-order valence-corrected chi connectivity index (χ3v) is 4.74. The molecule has 1 amide bonds. The van der Waals surface area contributed by atoms with Crippen molar-refractivity contribution in [3.63, 3.8) is 0 Å². The Balaban J connectivity index is 1.73. The van der Waals surface area contributed by atoms with Crippen molar-refractivity contribution >= 4 is 45.8 Å². The molecule has 0 radical (unpaired) electrons. The van der Waals surface area contributed by atoms with Crippen molar-refractivity contribution in [3.8, 4) is 17.0 Å². The summed E-state index contributed by atoms with van der Waals surface area (Å²) < 4.78 is 6.22. The van der Waals surface area contributed by atoms with Crippen molar-refractivity contribution < 1.29 is 9.53 Å². The van der Waals surface area contributed by atoms with Gasteiger partial charge in [-0.25, -0.2) is 9.97 Å². The Morgan fingerprint density at radius 3 is 2.77 bits per heavy atom. The van der Waals surface area contributed by atoms with E-state index in [1.54, 1.807) is 13.3 Å². The van der Waals surface area contributed by atoms with Gasteiger partial charge in [0.1, 0.15) is 5.75 Å². The van der Waals surface area contributed by atoms with Gasteiger partial charge in [-0.15, -0.1) is 0 Å². The van der Waals surface area contributed by atoms with Crippen molar-refractivity contribution in [2.75, 3.05) is 17.7 Å². The first-order valence-corrected chi connectivity index (χ1v) is 9.07. The number of rotatable bonds is 3. The summed E-state index contributed by atoms with van der Waals surface area (Å²) in [5.74, 6) is 1.20. The van der Waals surface area contributed by atoms with Gasteiger partial charge in [0.15, 0.2) is 0 Å². The number of anilines is 3. The van der Waals surface area contributed by atoms with Crippen LogP contribution in [0.5, 0.6) is 5.75 Å². The van der Waals surface area contributed by atoms with Crippen LogP contribution in [0.25, 0.3) is 11.3 Å². The average molecular weight is 458 g/mol. The van der Waals surface area contributed by atoms with Gasteiger partial charge in [-0.05, 0) is 65.1 Å². The lowest BCUT2D eigenvalue weighted by atomic mass is 10.1. The van der Waals surface area contributed by atoms with Crippen molar-refractivity contribution in [2.24, 2.45) is 0 Å². The molecule has 1 aliphatic heterocycles. The van der Waals surface area contributed by atoms with E-state index in [0.29, 0.717) is 5.95 Å². The number of benzene rings is 2. The first kappa shape index (κ1) is 16.8.